The number of unbranched alkanes of at least 4 members (excludes halogenated alkanes) is 1. The fourth-order valence-electron chi connectivity index (χ4n) is 3.20. The molecule has 1 heterocycles. The number of anilines is 1. The number of hydrogen-bond donors (Lipinski definition) is 5. The molecule has 2 rings (SSSR count). The zero-order valence-electron chi connectivity index (χ0n) is 21.9. The van der Waals surface area contributed by atoms with Gasteiger partial charge in [-0.25, -0.2) is 4.98 Å². The van der Waals surface area contributed by atoms with Crippen LogP contribution in [-0.2, 0) is 14.4 Å². The summed E-state index contributed by atoms with van der Waals surface area (Å²) in [5, 5.41) is 17.9. The van der Waals surface area contributed by atoms with Crippen LogP contribution in [0.2, 0.25) is 0 Å². The molecule has 2 aromatic rings. The van der Waals surface area contributed by atoms with Crippen molar-refractivity contribution >= 4 is 88.1 Å². The van der Waals surface area contributed by atoms with E-state index in [0.717, 1.165) is 16.2 Å². The van der Waals surface area contributed by atoms with Crippen LogP contribution < -0.4 is 27.4 Å². The molecule has 0 spiro atoms. The van der Waals surface area contributed by atoms with E-state index in [1.165, 1.54) is 22.1 Å². The summed E-state index contributed by atoms with van der Waals surface area (Å²) in [7, 11) is 6.38. The molecular formula is C24H35N7O3S5. The Kier molecular flexibility index (Phi) is 16.0. The number of amides is 3. The molecule has 0 saturated heterocycles. The molecule has 0 aliphatic heterocycles. The number of nitrogens with two attached hydrogens (primary N) is 2. The highest BCUT2D eigenvalue weighted by Crippen LogP contribution is 2.25. The number of carbonyl (C=O) groups excluding carboxylic acids is 3. The number of thiazole rings is 1. The van der Waals surface area contributed by atoms with Crippen LogP contribution in [0.5, 0.6) is 0 Å². The molecule has 0 bridgehead atoms. The minimum atomic E-state index is -0.806. The van der Waals surface area contributed by atoms with Crippen molar-refractivity contribution in [3.05, 3.63) is 23.2 Å². The smallest absolute Gasteiger partial charge is 0.246 e. The number of hydrogen-bond acceptors (Lipinski definition) is 12. The van der Waals surface area contributed by atoms with Gasteiger partial charge in [0.1, 0.15) is 12.1 Å². The number of benzene rings is 1. The monoisotopic (exact) mass is 629 g/mol. The van der Waals surface area contributed by atoms with Crippen LogP contribution in [0.15, 0.2) is 18.2 Å². The highest BCUT2D eigenvalue weighted by Gasteiger charge is 2.24. The molecule has 7 N–H and O–H groups in total. The normalized spacial score (nSPS) is 13.3. The van der Waals surface area contributed by atoms with Gasteiger partial charge in [0.25, 0.3) is 0 Å². The van der Waals surface area contributed by atoms with Gasteiger partial charge in [0.2, 0.25) is 17.7 Å². The van der Waals surface area contributed by atoms with E-state index >= 15 is 0 Å². The third-order valence-corrected chi connectivity index (χ3v) is 11.1. The topological polar surface area (TPSA) is 176 Å². The Morgan fingerprint density at radius 3 is 2.31 bits per heavy atom. The van der Waals surface area contributed by atoms with E-state index in [1.54, 1.807) is 50.6 Å². The van der Waals surface area contributed by atoms with Crippen LogP contribution in [0, 0.1) is 11.3 Å². The quantitative estimate of drug-likeness (QED) is 0.121. The Hall–Kier alpha value is -1.67. The Morgan fingerprint density at radius 1 is 1.00 bits per heavy atom. The van der Waals surface area contributed by atoms with Crippen LogP contribution in [0.25, 0.3) is 10.2 Å². The van der Waals surface area contributed by atoms with Crippen molar-refractivity contribution in [2.75, 3.05) is 34.9 Å². The van der Waals surface area contributed by atoms with Gasteiger partial charge < -0.3 is 27.4 Å². The molecule has 15 heteroatoms. The van der Waals surface area contributed by atoms with Crippen molar-refractivity contribution < 1.29 is 14.4 Å². The van der Waals surface area contributed by atoms with Crippen molar-refractivity contribution in [1.29, 1.82) is 5.26 Å². The van der Waals surface area contributed by atoms with Gasteiger partial charge in [-0.2, -0.15) is 5.26 Å². The van der Waals surface area contributed by atoms with Gasteiger partial charge >= 0.3 is 0 Å². The predicted octanol–water partition coefficient (Wildman–Crippen LogP) is 3.33. The average Bonchev–Trinajstić information content (AvgIpc) is 3.34. The summed E-state index contributed by atoms with van der Waals surface area (Å²) in [4.78, 5) is 42.3. The fraction of sp³-hybridized carbons (Fsp3) is 0.542. The standard InChI is InChI=1S/C24H35N7O3S5/c1-3-35-37-13-16(26)22(32)28-10-6-5-7-19(31-23(33)17(27)14-38-36-4-2)24(34)29-15-8-9-18-20(11-15)39-21(12-25)30-18/h8-9,11,16-17,19H,3-7,10,13-14,26-27H2,1-2H3,(H,28,32)(H,29,34)(H,31,33)/t16?,17?,19-/m0/s1. The molecule has 3 amide bonds. The van der Waals surface area contributed by atoms with Crippen molar-refractivity contribution in [3.8, 4) is 6.07 Å². The van der Waals surface area contributed by atoms with Crippen molar-refractivity contribution in [1.82, 2.24) is 15.6 Å². The van der Waals surface area contributed by atoms with Crippen LogP contribution in [0.3, 0.4) is 0 Å². The van der Waals surface area contributed by atoms with Crippen LogP contribution in [0.4, 0.5) is 5.69 Å². The Bertz CT molecular complexity index is 1130. The minimum absolute atomic E-state index is 0.201. The van der Waals surface area contributed by atoms with Gasteiger partial charge in [-0.3, -0.25) is 14.4 Å². The number of nitriles is 1. The van der Waals surface area contributed by atoms with E-state index in [9.17, 15) is 14.4 Å². The van der Waals surface area contributed by atoms with Gasteiger partial charge in [0.05, 0.1) is 22.3 Å². The number of aromatic nitrogens is 1. The van der Waals surface area contributed by atoms with Crippen LogP contribution in [0.1, 0.15) is 38.1 Å². The van der Waals surface area contributed by atoms with Gasteiger partial charge in [0, 0.05) is 35.2 Å². The first-order chi connectivity index (χ1) is 18.8. The average molecular weight is 630 g/mol. The molecule has 0 aliphatic rings. The lowest BCUT2D eigenvalue weighted by molar-refractivity contribution is -0.127. The maximum atomic E-state index is 13.2. The van der Waals surface area contributed by atoms with E-state index < -0.39 is 24.0 Å². The predicted molar refractivity (Wildman–Crippen MR) is 169 cm³/mol. The third-order valence-electron chi connectivity index (χ3n) is 5.17. The summed E-state index contributed by atoms with van der Waals surface area (Å²) in [6.45, 7) is 4.49. The van der Waals surface area contributed by atoms with Crippen LogP contribution in [-0.4, -0.2) is 70.4 Å². The molecule has 2 unspecified atom stereocenters. The van der Waals surface area contributed by atoms with Crippen molar-refractivity contribution in [2.24, 2.45) is 11.5 Å². The molecule has 0 radical (unpaired) electrons. The maximum Gasteiger partial charge on any atom is 0.246 e. The molecule has 0 saturated carbocycles. The van der Waals surface area contributed by atoms with Crippen molar-refractivity contribution in [2.45, 2.75) is 51.2 Å². The first-order valence-electron chi connectivity index (χ1n) is 12.5. The molecule has 39 heavy (non-hydrogen) atoms. The molecule has 1 aromatic heterocycles. The number of nitrogens with zero attached hydrogens (tertiary/aromatic N) is 2. The Labute approximate surface area is 249 Å². The summed E-state index contributed by atoms with van der Waals surface area (Å²) in [6, 6.07) is 5.10. The Morgan fingerprint density at radius 2 is 1.67 bits per heavy atom. The number of fused-ring (bicyclic) bond motifs is 1. The Balaban J connectivity index is 1.95. The summed E-state index contributed by atoms with van der Waals surface area (Å²) in [5.41, 5.74) is 13.2. The van der Waals surface area contributed by atoms with E-state index in [0.29, 0.717) is 53.5 Å². The third kappa shape index (κ3) is 12.2. The summed E-state index contributed by atoms with van der Waals surface area (Å²) in [5.74, 6) is 1.87. The van der Waals surface area contributed by atoms with Gasteiger partial charge in [-0.1, -0.05) is 57.0 Å². The second-order valence-corrected chi connectivity index (χ2v) is 14.9. The minimum Gasteiger partial charge on any atom is -0.355 e. The highest BCUT2D eigenvalue weighted by molar-refractivity contribution is 8.77. The number of carbonyl (C=O) groups is 3. The number of rotatable bonds is 18. The largest absolute Gasteiger partial charge is 0.355 e. The van der Waals surface area contributed by atoms with E-state index in [1.807, 2.05) is 19.9 Å². The molecule has 1 aromatic carbocycles. The molecule has 0 aliphatic carbocycles. The van der Waals surface area contributed by atoms with Gasteiger partial charge in [-0.15, -0.1) is 11.3 Å². The fourth-order valence-corrected chi connectivity index (χ4v) is 7.58. The summed E-state index contributed by atoms with van der Waals surface area (Å²) < 4.78 is 0.776. The zero-order valence-corrected chi connectivity index (χ0v) is 26.0. The molecule has 214 valence electrons. The van der Waals surface area contributed by atoms with E-state index in [2.05, 4.69) is 20.9 Å². The second-order valence-electron chi connectivity index (χ2n) is 8.25. The first kappa shape index (κ1) is 33.5. The lowest BCUT2D eigenvalue weighted by atomic mass is 10.1. The van der Waals surface area contributed by atoms with Gasteiger partial charge in [-0.05, 0) is 37.5 Å². The van der Waals surface area contributed by atoms with E-state index in [4.69, 9.17) is 16.7 Å². The van der Waals surface area contributed by atoms with Crippen molar-refractivity contribution in [3.63, 3.8) is 0 Å². The second kappa shape index (κ2) is 18.6. The SMILES string of the molecule is CCSSCC(N)C(=O)NCCCC[C@H](NC(=O)C(N)CSSCC)C(=O)Nc1ccc2nc(C#N)sc2c1. The molecular weight excluding hydrogens is 595 g/mol. The zero-order chi connectivity index (χ0) is 28.6. The highest BCUT2D eigenvalue weighted by atomic mass is 33.1. The lowest BCUT2D eigenvalue weighted by Crippen LogP contribution is -2.50. The number of nitrogens with one attached hydrogen (secondary N) is 3. The lowest BCUT2D eigenvalue weighted by Gasteiger charge is -2.21. The van der Waals surface area contributed by atoms with E-state index in [-0.39, 0.29) is 11.8 Å². The maximum absolute atomic E-state index is 13.2. The molecule has 10 nitrogen and oxygen atoms in total. The van der Waals surface area contributed by atoms with Gasteiger partial charge in [0.15, 0.2) is 5.01 Å². The summed E-state index contributed by atoms with van der Waals surface area (Å²) in [6.07, 6.45) is 1.57. The molecule has 3 atom stereocenters. The molecule has 0 fully saturated rings. The summed E-state index contributed by atoms with van der Waals surface area (Å²) >= 11 is 1.24. The van der Waals surface area contributed by atoms with Crippen LogP contribution >= 0.6 is 54.5 Å². The first-order valence-corrected chi connectivity index (χ1v) is 18.3.